The molecular weight excluding hydrogens is 426 g/mol. The largest absolute Gasteiger partial charge is 0.496 e. The minimum atomic E-state index is -1.50. The van der Waals surface area contributed by atoms with E-state index in [9.17, 15) is 9.18 Å². The summed E-state index contributed by atoms with van der Waals surface area (Å²) in [6.07, 6.45) is 2.97. The maximum Gasteiger partial charge on any atom is 0.328 e. The number of carboxylic acids is 1. The second kappa shape index (κ2) is 8.63. The summed E-state index contributed by atoms with van der Waals surface area (Å²) >= 11 is 0. The van der Waals surface area contributed by atoms with Gasteiger partial charge in [0.15, 0.2) is 0 Å². The molecule has 0 saturated heterocycles. The minimum absolute atomic E-state index is 0.0487. The number of alkyl halides is 1. The number of halogens is 2. The summed E-state index contributed by atoms with van der Waals surface area (Å²) in [4.78, 5) is 16.3. The number of carbonyl (C=O) groups is 1. The van der Waals surface area contributed by atoms with Crippen molar-refractivity contribution >= 4 is 22.9 Å². The molecule has 4 rings (SSSR count). The lowest BCUT2D eigenvalue weighted by atomic mass is 9.86. The summed E-state index contributed by atoms with van der Waals surface area (Å²) in [5, 5.41) is 9.99. The smallest absolute Gasteiger partial charge is 0.328 e. The number of H-pyrrole nitrogens is 1. The first-order chi connectivity index (χ1) is 15.6. The number of aliphatic carboxylic acids is 1. The molecule has 0 amide bonds. The molecule has 2 N–H and O–H groups in total. The number of carboxylic acid groups (broad SMARTS) is 1. The highest BCUT2D eigenvalue weighted by molar-refractivity contribution is 5.86. The number of ether oxygens (including phenoxy) is 1. The number of aromatic nitrogens is 1. The highest BCUT2D eigenvalue weighted by atomic mass is 19.1. The SMILES string of the molecule is COc1cc(/C=C/C(=O)O)cc(F)c1[C@@H]1c2[nH]c3ccccc3c2C[C@@H](C)N1CC(C)(C)F. The van der Waals surface area contributed by atoms with Crippen molar-refractivity contribution < 1.29 is 23.4 Å². The van der Waals surface area contributed by atoms with E-state index in [-0.39, 0.29) is 18.3 Å². The Bertz CT molecular complexity index is 1230. The predicted octanol–water partition coefficient (Wildman–Crippen LogP) is 5.50. The van der Waals surface area contributed by atoms with E-state index in [1.54, 1.807) is 6.07 Å². The Labute approximate surface area is 191 Å². The van der Waals surface area contributed by atoms with Crippen LogP contribution >= 0.6 is 0 Å². The summed E-state index contributed by atoms with van der Waals surface area (Å²) in [6, 6.07) is 10.2. The van der Waals surface area contributed by atoms with E-state index < -0.39 is 23.5 Å². The maximum absolute atomic E-state index is 15.7. The zero-order valence-electron chi connectivity index (χ0n) is 19.2. The highest BCUT2D eigenvalue weighted by Crippen LogP contribution is 2.45. The van der Waals surface area contributed by atoms with E-state index in [1.807, 2.05) is 36.1 Å². The number of aromatic amines is 1. The zero-order chi connectivity index (χ0) is 23.9. The molecule has 2 atom stereocenters. The normalized spacial score (nSPS) is 19.2. The number of benzene rings is 2. The van der Waals surface area contributed by atoms with Crippen LogP contribution in [-0.2, 0) is 11.2 Å². The fourth-order valence-electron chi connectivity index (χ4n) is 4.81. The summed E-state index contributed by atoms with van der Waals surface area (Å²) in [7, 11) is 1.45. The predicted molar refractivity (Wildman–Crippen MR) is 125 cm³/mol. The number of fused-ring (bicyclic) bond motifs is 3. The van der Waals surface area contributed by atoms with Crippen molar-refractivity contribution in [2.24, 2.45) is 0 Å². The molecule has 0 bridgehead atoms. The number of hydrogen-bond donors (Lipinski definition) is 2. The Morgan fingerprint density at radius 2 is 2.06 bits per heavy atom. The van der Waals surface area contributed by atoms with Gasteiger partial charge in [-0.25, -0.2) is 13.6 Å². The lowest BCUT2D eigenvalue weighted by Crippen LogP contribution is -2.48. The van der Waals surface area contributed by atoms with Gasteiger partial charge in [0.05, 0.1) is 18.7 Å². The number of nitrogens with zero attached hydrogens (tertiary/aromatic N) is 1. The standard InChI is InChI=1S/C26H28F2N2O3/c1-15-11-18-17-7-5-6-8-20(17)29-24(18)25(30(15)14-26(2,3)28)23-19(27)12-16(9-10-22(31)32)13-21(23)33-4/h5-10,12-13,15,25,29H,11,14H2,1-4H3,(H,31,32)/b10-9+/t15-,25-/m1/s1. The number of nitrogens with one attached hydrogen (secondary N) is 1. The zero-order valence-corrected chi connectivity index (χ0v) is 19.2. The molecule has 2 heterocycles. The minimum Gasteiger partial charge on any atom is -0.496 e. The van der Waals surface area contributed by atoms with Crippen molar-refractivity contribution in [3.8, 4) is 5.75 Å². The lowest BCUT2D eigenvalue weighted by Gasteiger charge is -2.43. The Morgan fingerprint density at radius 3 is 2.73 bits per heavy atom. The molecule has 33 heavy (non-hydrogen) atoms. The van der Waals surface area contributed by atoms with Gasteiger partial charge in [0.2, 0.25) is 0 Å². The third kappa shape index (κ3) is 4.50. The second-order valence-corrected chi connectivity index (χ2v) is 9.20. The molecule has 0 fully saturated rings. The highest BCUT2D eigenvalue weighted by Gasteiger charge is 2.41. The van der Waals surface area contributed by atoms with Crippen LogP contribution in [0.4, 0.5) is 8.78 Å². The lowest BCUT2D eigenvalue weighted by molar-refractivity contribution is -0.131. The van der Waals surface area contributed by atoms with Crippen LogP contribution < -0.4 is 4.74 Å². The Kier molecular flexibility index (Phi) is 6.01. The molecule has 0 saturated carbocycles. The summed E-state index contributed by atoms with van der Waals surface area (Å²) in [6.45, 7) is 5.17. The van der Waals surface area contributed by atoms with Crippen LogP contribution in [-0.4, -0.2) is 46.3 Å². The Hall–Kier alpha value is -3.19. The first-order valence-corrected chi connectivity index (χ1v) is 10.9. The van der Waals surface area contributed by atoms with Crippen LogP contribution in [0.1, 0.15) is 49.2 Å². The van der Waals surface area contributed by atoms with E-state index in [1.165, 1.54) is 33.1 Å². The van der Waals surface area contributed by atoms with Crippen LogP contribution in [0.25, 0.3) is 17.0 Å². The molecule has 0 aliphatic carbocycles. The van der Waals surface area contributed by atoms with Crippen molar-refractivity contribution in [1.82, 2.24) is 9.88 Å². The monoisotopic (exact) mass is 454 g/mol. The second-order valence-electron chi connectivity index (χ2n) is 9.20. The van der Waals surface area contributed by atoms with Gasteiger partial charge in [0.1, 0.15) is 17.2 Å². The molecule has 1 aliphatic rings. The third-order valence-electron chi connectivity index (χ3n) is 6.10. The quantitative estimate of drug-likeness (QED) is 0.483. The maximum atomic E-state index is 15.7. The van der Waals surface area contributed by atoms with E-state index in [4.69, 9.17) is 9.84 Å². The fourth-order valence-corrected chi connectivity index (χ4v) is 4.81. The van der Waals surface area contributed by atoms with Crippen molar-refractivity contribution in [3.05, 3.63) is 70.7 Å². The van der Waals surface area contributed by atoms with Gasteiger partial charge in [0, 0.05) is 35.3 Å². The van der Waals surface area contributed by atoms with E-state index in [2.05, 4.69) is 4.98 Å². The number of hydrogen-bond acceptors (Lipinski definition) is 3. The van der Waals surface area contributed by atoms with E-state index in [0.717, 1.165) is 28.2 Å². The Morgan fingerprint density at radius 1 is 1.33 bits per heavy atom. The molecule has 3 aromatic rings. The molecule has 1 aliphatic heterocycles. The van der Waals surface area contributed by atoms with E-state index in [0.29, 0.717) is 17.5 Å². The van der Waals surface area contributed by atoms with Gasteiger partial charge in [-0.1, -0.05) is 18.2 Å². The van der Waals surface area contributed by atoms with Gasteiger partial charge >= 0.3 is 5.97 Å². The molecule has 7 heteroatoms. The molecule has 174 valence electrons. The number of para-hydroxylation sites is 1. The van der Waals surface area contributed by atoms with Crippen LogP contribution in [0.3, 0.4) is 0 Å². The molecule has 2 aromatic carbocycles. The van der Waals surface area contributed by atoms with Gasteiger partial charge < -0.3 is 14.8 Å². The van der Waals surface area contributed by atoms with Crippen LogP contribution in [0.5, 0.6) is 5.75 Å². The molecule has 1 aromatic heterocycles. The molecular formula is C26H28F2N2O3. The van der Waals surface area contributed by atoms with Crippen molar-refractivity contribution in [1.29, 1.82) is 0 Å². The molecule has 0 unspecified atom stereocenters. The van der Waals surface area contributed by atoms with Crippen LogP contribution in [0.15, 0.2) is 42.5 Å². The van der Waals surface area contributed by atoms with E-state index >= 15 is 4.39 Å². The average molecular weight is 455 g/mol. The topological polar surface area (TPSA) is 65.6 Å². The van der Waals surface area contributed by atoms with Gasteiger partial charge in [-0.2, -0.15) is 0 Å². The van der Waals surface area contributed by atoms with Crippen molar-refractivity contribution in [2.75, 3.05) is 13.7 Å². The molecule has 5 nitrogen and oxygen atoms in total. The fraction of sp³-hybridized carbons (Fsp3) is 0.346. The van der Waals surface area contributed by atoms with Crippen molar-refractivity contribution in [2.45, 2.75) is 44.9 Å². The third-order valence-corrected chi connectivity index (χ3v) is 6.10. The number of rotatable bonds is 6. The first kappa shape index (κ1) is 23.0. The van der Waals surface area contributed by atoms with Gasteiger partial charge in [-0.05, 0) is 62.6 Å². The van der Waals surface area contributed by atoms with Gasteiger partial charge in [0.25, 0.3) is 0 Å². The van der Waals surface area contributed by atoms with Gasteiger partial charge in [-0.3, -0.25) is 4.90 Å². The van der Waals surface area contributed by atoms with Crippen LogP contribution in [0, 0.1) is 5.82 Å². The molecule has 0 spiro atoms. The summed E-state index contributed by atoms with van der Waals surface area (Å²) < 4.78 is 36.2. The van der Waals surface area contributed by atoms with Crippen molar-refractivity contribution in [3.63, 3.8) is 0 Å². The number of methoxy groups -OCH3 is 1. The van der Waals surface area contributed by atoms with Gasteiger partial charge in [-0.15, -0.1) is 0 Å². The van der Waals surface area contributed by atoms with Crippen LogP contribution in [0.2, 0.25) is 0 Å². The Balaban J connectivity index is 1.95. The molecule has 0 radical (unpaired) electrons. The summed E-state index contributed by atoms with van der Waals surface area (Å²) in [5.74, 6) is -1.38. The average Bonchev–Trinajstić information content (AvgIpc) is 3.10. The first-order valence-electron chi connectivity index (χ1n) is 10.9. The summed E-state index contributed by atoms with van der Waals surface area (Å²) in [5.41, 5.74) is 2.03.